The van der Waals surface area contributed by atoms with Crippen LogP contribution in [-0.4, -0.2) is 10.7 Å². The maximum Gasteiger partial charge on any atom is 0.269 e. The quantitative estimate of drug-likeness (QED) is 0.295. The van der Waals surface area contributed by atoms with Gasteiger partial charge >= 0.3 is 0 Å². The van der Waals surface area contributed by atoms with Crippen LogP contribution in [0.5, 0.6) is 0 Å². The molecular formula is C18H13NO5. The fourth-order valence-electron chi connectivity index (χ4n) is 2.15. The van der Waals surface area contributed by atoms with Gasteiger partial charge in [0.05, 0.1) is 4.92 Å². The Kier molecular flexibility index (Phi) is 4.11. The molecule has 0 aliphatic heterocycles. The third-order valence-electron chi connectivity index (χ3n) is 3.37. The van der Waals surface area contributed by atoms with Crippen LogP contribution in [0.1, 0.15) is 22.1 Å². The van der Waals surface area contributed by atoms with Gasteiger partial charge in [-0.15, -0.1) is 0 Å². The topological polar surface area (TPSA) is 86.5 Å². The Morgan fingerprint density at radius 3 is 2.42 bits per heavy atom. The van der Waals surface area contributed by atoms with E-state index in [1.165, 1.54) is 18.2 Å². The molecule has 24 heavy (non-hydrogen) atoms. The molecule has 0 spiro atoms. The maximum absolute atomic E-state index is 11.9. The van der Waals surface area contributed by atoms with Gasteiger partial charge in [0.25, 0.3) is 5.69 Å². The lowest BCUT2D eigenvalue weighted by Crippen LogP contribution is -1.90. The molecular weight excluding hydrogens is 310 g/mol. The second kappa shape index (κ2) is 6.37. The Hall–Kier alpha value is -3.41. The number of furan rings is 2. The first-order valence-corrected chi connectivity index (χ1v) is 7.16. The van der Waals surface area contributed by atoms with E-state index in [2.05, 4.69) is 0 Å². The molecule has 2 aromatic heterocycles. The van der Waals surface area contributed by atoms with Crippen molar-refractivity contribution in [1.82, 2.24) is 0 Å². The summed E-state index contributed by atoms with van der Waals surface area (Å²) in [6.45, 7) is 1.77. The highest BCUT2D eigenvalue weighted by molar-refractivity contribution is 6.04. The van der Waals surface area contributed by atoms with Gasteiger partial charge in [-0.1, -0.05) is 0 Å². The number of ketones is 1. The van der Waals surface area contributed by atoms with Crippen molar-refractivity contribution in [2.45, 2.75) is 6.92 Å². The third kappa shape index (κ3) is 3.33. The van der Waals surface area contributed by atoms with E-state index in [-0.39, 0.29) is 17.2 Å². The number of rotatable bonds is 5. The van der Waals surface area contributed by atoms with Crippen LogP contribution in [-0.2, 0) is 0 Å². The van der Waals surface area contributed by atoms with Crippen LogP contribution in [0.3, 0.4) is 0 Å². The van der Waals surface area contributed by atoms with Crippen molar-refractivity contribution in [3.8, 4) is 11.3 Å². The zero-order chi connectivity index (χ0) is 17.1. The normalized spacial score (nSPS) is 11.0. The number of hydrogen-bond donors (Lipinski definition) is 0. The van der Waals surface area contributed by atoms with E-state index in [0.29, 0.717) is 22.8 Å². The van der Waals surface area contributed by atoms with E-state index in [1.807, 2.05) is 0 Å². The van der Waals surface area contributed by atoms with Gasteiger partial charge in [-0.3, -0.25) is 14.9 Å². The van der Waals surface area contributed by atoms with Gasteiger partial charge in [0, 0.05) is 17.7 Å². The van der Waals surface area contributed by atoms with Gasteiger partial charge in [-0.2, -0.15) is 0 Å². The number of nitro groups is 1. The molecule has 0 atom stereocenters. The molecule has 2 heterocycles. The summed E-state index contributed by atoms with van der Waals surface area (Å²) in [4.78, 5) is 22.1. The average Bonchev–Trinajstić information content (AvgIpc) is 3.22. The number of nitrogens with zero attached hydrogens (tertiary/aromatic N) is 1. The SMILES string of the molecule is Cc1ccc(C(=O)C=Cc2ccc(-c3ccc([N+](=O)[O-])cc3)o2)o1. The number of benzene rings is 1. The van der Waals surface area contributed by atoms with Crippen molar-refractivity contribution in [3.63, 3.8) is 0 Å². The van der Waals surface area contributed by atoms with Crippen molar-refractivity contribution in [2.24, 2.45) is 0 Å². The summed E-state index contributed by atoms with van der Waals surface area (Å²) < 4.78 is 10.9. The van der Waals surface area contributed by atoms with Crippen molar-refractivity contribution in [3.05, 3.63) is 82.0 Å². The first-order chi connectivity index (χ1) is 11.5. The molecule has 0 unspecified atom stereocenters. The predicted octanol–water partition coefficient (Wildman–Crippen LogP) is 4.65. The summed E-state index contributed by atoms with van der Waals surface area (Å²) in [7, 11) is 0. The summed E-state index contributed by atoms with van der Waals surface area (Å²) in [6.07, 6.45) is 2.92. The zero-order valence-electron chi connectivity index (χ0n) is 12.8. The summed E-state index contributed by atoms with van der Waals surface area (Å²) >= 11 is 0. The van der Waals surface area contributed by atoms with E-state index in [4.69, 9.17) is 8.83 Å². The first kappa shape index (κ1) is 15.5. The Morgan fingerprint density at radius 1 is 1.04 bits per heavy atom. The molecule has 1 aromatic carbocycles. The monoisotopic (exact) mass is 323 g/mol. The van der Waals surface area contributed by atoms with E-state index in [9.17, 15) is 14.9 Å². The third-order valence-corrected chi connectivity index (χ3v) is 3.37. The van der Waals surface area contributed by atoms with Crippen molar-refractivity contribution >= 4 is 17.5 Å². The minimum absolute atomic E-state index is 0.0183. The van der Waals surface area contributed by atoms with Gasteiger partial charge in [-0.25, -0.2) is 0 Å². The molecule has 0 bridgehead atoms. The molecule has 0 radical (unpaired) electrons. The fourth-order valence-corrected chi connectivity index (χ4v) is 2.15. The molecule has 3 aromatic rings. The molecule has 0 aliphatic carbocycles. The number of nitro benzene ring substituents is 1. The molecule has 0 aliphatic rings. The Labute approximate surface area is 137 Å². The summed E-state index contributed by atoms with van der Waals surface area (Å²) in [5.41, 5.74) is 0.734. The summed E-state index contributed by atoms with van der Waals surface area (Å²) in [5, 5.41) is 10.7. The van der Waals surface area contributed by atoms with Crippen LogP contribution in [0.2, 0.25) is 0 Å². The van der Waals surface area contributed by atoms with Crippen molar-refractivity contribution in [2.75, 3.05) is 0 Å². The molecule has 0 saturated heterocycles. The lowest BCUT2D eigenvalue weighted by atomic mass is 10.1. The van der Waals surface area contributed by atoms with Crippen LogP contribution in [0.25, 0.3) is 17.4 Å². The second-order valence-corrected chi connectivity index (χ2v) is 5.11. The molecule has 0 amide bonds. The number of allylic oxidation sites excluding steroid dienone is 1. The molecule has 6 heteroatoms. The Bertz CT molecular complexity index is 915. The second-order valence-electron chi connectivity index (χ2n) is 5.11. The molecule has 3 rings (SSSR count). The molecule has 0 N–H and O–H groups in total. The molecule has 0 fully saturated rings. The number of non-ortho nitro benzene ring substituents is 1. The number of carbonyl (C=O) groups is 1. The highest BCUT2D eigenvalue weighted by Crippen LogP contribution is 2.25. The van der Waals surface area contributed by atoms with Gasteiger partial charge in [0.2, 0.25) is 5.78 Å². The molecule has 120 valence electrons. The van der Waals surface area contributed by atoms with E-state index >= 15 is 0 Å². The standard InChI is InChI=1S/C18H13NO5/c1-12-2-10-18(23-12)16(20)9-7-15-8-11-17(24-15)13-3-5-14(6-4-13)19(21)22/h2-11H,1H3. The minimum atomic E-state index is -0.456. The van der Waals surface area contributed by atoms with E-state index < -0.39 is 4.92 Å². The van der Waals surface area contributed by atoms with Gasteiger partial charge < -0.3 is 8.83 Å². The highest BCUT2D eigenvalue weighted by atomic mass is 16.6. The van der Waals surface area contributed by atoms with Gasteiger partial charge in [0.1, 0.15) is 17.3 Å². The molecule has 6 nitrogen and oxygen atoms in total. The van der Waals surface area contributed by atoms with Gasteiger partial charge in [-0.05, 0) is 55.5 Å². The van der Waals surface area contributed by atoms with E-state index in [0.717, 1.165) is 0 Å². The number of hydrogen-bond acceptors (Lipinski definition) is 5. The number of carbonyl (C=O) groups excluding carboxylic acids is 1. The lowest BCUT2D eigenvalue weighted by molar-refractivity contribution is -0.384. The van der Waals surface area contributed by atoms with Crippen LogP contribution >= 0.6 is 0 Å². The highest BCUT2D eigenvalue weighted by Gasteiger charge is 2.09. The zero-order valence-corrected chi connectivity index (χ0v) is 12.8. The molecule has 0 saturated carbocycles. The fraction of sp³-hybridized carbons (Fsp3) is 0.0556. The average molecular weight is 323 g/mol. The lowest BCUT2D eigenvalue weighted by Gasteiger charge is -1.96. The maximum atomic E-state index is 11.9. The van der Waals surface area contributed by atoms with Crippen LogP contribution in [0.15, 0.2) is 63.4 Å². The van der Waals surface area contributed by atoms with Crippen molar-refractivity contribution < 1.29 is 18.6 Å². The smallest absolute Gasteiger partial charge is 0.269 e. The largest absolute Gasteiger partial charge is 0.458 e. The summed E-state index contributed by atoms with van der Waals surface area (Å²) in [6, 6.07) is 12.8. The predicted molar refractivity (Wildman–Crippen MR) is 87.6 cm³/mol. The van der Waals surface area contributed by atoms with Crippen LogP contribution in [0.4, 0.5) is 5.69 Å². The van der Waals surface area contributed by atoms with Crippen LogP contribution < -0.4 is 0 Å². The van der Waals surface area contributed by atoms with Crippen LogP contribution in [0, 0.1) is 17.0 Å². The first-order valence-electron chi connectivity index (χ1n) is 7.16. The Morgan fingerprint density at radius 2 is 1.79 bits per heavy atom. The number of aryl methyl sites for hydroxylation is 1. The summed E-state index contributed by atoms with van der Waals surface area (Å²) in [5.74, 6) is 1.75. The van der Waals surface area contributed by atoms with Crippen molar-refractivity contribution in [1.29, 1.82) is 0 Å². The minimum Gasteiger partial charge on any atom is -0.458 e. The van der Waals surface area contributed by atoms with Gasteiger partial charge in [0.15, 0.2) is 5.76 Å². The Balaban J connectivity index is 1.74. The van der Waals surface area contributed by atoms with E-state index in [1.54, 1.807) is 49.4 Å².